The van der Waals surface area contributed by atoms with Crippen LogP contribution in [0.3, 0.4) is 0 Å². The van der Waals surface area contributed by atoms with E-state index in [1.54, 1.807) is 12.3 Å². The standard InChI is InChI=1S/C19H16N2O/c1-2-9-22-18-7-6-15-10-17(5-4-16(15)11-18)19-8-3-14(12-20)13-21-19/h3-8,10-11,13H,2,9H2,1H3. The minimum absolute atomic E-state index is 0.572. The van der Waals surface area contributed by atoms with Gasteiger partial charge in [0.05, 0.1) is 17.9 Å². The van der Waals surface area contributed by atoms with Crippen molar-refractivity contribution < 1.29 is 4.74 Å². The Bertz CT molecular complexity index is 832. The van der Waals surface area contributed by atoms with E-state index in [-0.39, 0.29) is 0 Å². The highest BCUT2D eigenvalue weighted by Gasteiger charge is 2.03. The number of aromatic nitrogens is 1. The van der Waals surface area contributed by atoms with Gasteiger partial charge in [-0.25, -0.2) is 0 Å². The monoisotopic (exact) mass is 288 g/mol. The van der Waals surface area contributed by atoms with Crippen LogP contribution in [0.5, 0.6) is 5.75 Å². The lowest BCUT2D eigenvalue weighted by atomic mass is 10.0. The van der Waals surface area contributed by atoms with Crippen LogP contribution in [-0.4, -0.2) is 11.6 Å². The summed E-state index contributed by atoms with van der Waals surface area (Å²) in [7, 11) is 0. The number of benzene rings is 2. The summed E-state index contributed by atoms with van der Waals surface area (Å²) < 4.78 is 5.66. The van der Waals surface area contributed by atoms with Gasteiger partial charge in [-0.05, 0) is 47.5 Å². The number of pyridine rings is 1. The first kappa shape index (κ1) is 14.1. The number of nitrogens with zero attached hydrogens (tertiary/aromatic N) is 2. The van der Waals surface area contributed by atoms with Gasteiger partial charge in [0, 0.05) is 11.8 Å². The van der Waals surface area contributed by atoms with Crippen molar-refractivity contribution >= 4 is 10.8 Å². The molecule has 0 saturated heterocycles. The first-order valence-electron chi connectivity index (χ1n) is 7.33. The SMILES string of the molecule is CCCOc1ccc2cc(-c3ccc(C#N)cn3)ccc2c1. The van der Waals surface area contributed by atoms with E-state index < -0.39 is 0 Å². The van der Waals surface area contributed by atoms with Gasteiger partial charge < -0.3 is 4.74 Å². The van der Waals surface area contributed by atoms with Crippen LogP contribution in [0.15, 0.2) is 54.7 Å². The Kier molecular flexibility index (Phi) is 4.02. The van der Waals surface area contributed by atoms with Gasteiger partial charge in [-0.15, -0.1) is 0 Å². The quantitative estimate of drug-likeness (QED) is 0.707. The van der Waals surface area contributed by atoms with Crippen molar-refractivity contribution in [2.75, 3.05) is 6.61 Å². The third-order valence-electron chi connectivity index (χ3n) is 3.47. The lowest BCUT2D eigenvalue weighted by molar-refractivity contribution is 0.318. The fraction of sp³-hybridized carbons (Fsp3) is 0.158. The van der Waals surface area contributed by atoms with Crippen LogP contribution in [0.1, 0.15) is 18.9 Å². The molecule has 0 aliphatic rings. The molecule has 0 radical (unpaired) electrons. The first-order valence-corrected chi connectivity index (χ1v) is 7.33. The molecule has 0 aliphatic heterocycles. The second-order valence-electron chi connectivity index (χ2n) is 5.12. The Balaban J connectivity index is 1.94. The van der Waals surface area contributed by atoms with Crippen molar-refractivity contribution in [1.82, 2.24) is 4.98 Å². The largest absolute Gasteiger partial charge is 0.494 e. The van der Waals surface area contributed by atoms with Gasteiger partial charge in [-0.2, -0.15) is 5.26 Å². The average Bonchev–Trinajstić information content (AvgIpc) is 2.59. The molecule has 0 N–H and O–H groups in total. The van der Waals surface area contributed by atoms with Crippen LogP contribution in [0.2, 0.25) is 0 Å². The fourth-order valence-corrected chi connectivity index (χ4v) is 2.32. The number of ether oxygens (including phenoxy) is 1. The second-order valence-corrected chi connectivity index (χ2v) is 5.12. The van der Waals surface area contributed by atoms with E-state index in [2.05, 4.69) is 42.2 Å². The highest BCUT2D eigenvalue weighted by atomic mass is 16.5. The minimum Gasteiger partial charge on any atom is -0.494 e. The van der Waals surface area contributed by atoms with Crippen molar-refractivity contribution in [2.24, 2.45) is 0 Å². The van der Waals surface area contributed by atoms with Crippen molar-refractivity contribution in [2.45, 2.75) is 13.3 Å². The van der Waals surface area contributed by atoms with Gasteiger partial charge in [0.15, 0.2) is 0 Å². The van der Waals surface area contributed by atoms with Gasteiger partial charge in [-0.1, -0.05) is 25.1 Å². The molecule has 0 aliphatic carbocycles. The molecular formula is C19H16N2O. The maximum atomic E-state index is 8.83. The summed E-state index contributed by atoms with van der Waals surface area (Å²) in [6, 6.07) is 18.1. The summed E-state index contributed by atoms with van der Waals surface area (Å²) >= 11 is 0. The molecule has 108 valence electrons. The Morgan fingerprint density at radius 1 is 1.05 bits per heavy atom. The second kappa shape index (κ2) is 6.28. The molecule has 0 unspecified atom stereocenters. The van der Waals surface area contributed by atoms with Crippen molar-refractivity contribution in [1.29, 1.82) is 5.26 Å². The summed E-state index contributed by atoms with van der Waals surface area (Å²) in [5.74, 6) is 0.901. The summed E-state index contributed by atoms with van der Waals surface area (Å²) in [5.41, 5.74) is 2.48. The topological polar surface area (TPSA) is 45.9 Å². The Morgan fingerprint density at radius 3 is 2.59 bits per heavy atom. The predicted molar refractivity (Wildman–Crippen MR) is 87.7 cm³/mol. The van der Waals surface area contributed by atoms with E-state index >= 15 is 0 Å². The molecular weight excluding hydrogens is 272 g/mol. The molecule has 3 aromatic rings. The number of nitriles is 1. The maximum Gasteiger partial charge on any atom is 0.119 e. The Hall–Kier alpha value is -2.86. The van der Waals surface area contributed by atoms with Gasteiger partial charge >= 0.3 is 0 Å². The molecule has 0 atom stereocenters. The van der Waals surface area contributed by atoms with Crippen LogP contribution < -0.4 is 4.74 Å². The van der Waals surface area contributed by atoms with Crippen LogP contribution in [-0.2, 0) is 0 Å². The Morgan fingerprint density at radius 2 is 1.86 bits per heavy atom. The molecule has 3 nitrogen and oxygen atoms in total. The van der Waals surface area contributed by atoms with Crippen LogP contribution in [0.4, 0.5) is 0 Å². The molecule has 0 saturated carbocycles. The molecule has 0 amide bonds. The molecule has 0 spiro atoms. The number of rotatable bonds is 4. The summed E-state index contributed by atoms with van der Waals surface area (Å²) in [5, 5.41) is 11.1. The van der Waals surface area contributed by atoms with Gasteiger partial charge in [-0.3, -0.25) is 4.98 Å². The van der Waals surface area contributed by atoms with Gasteiger partial charge in [0.2, 0.25) is 0 Å². The van der Waals surface area contributed by atoms with E-state index in [0.29, 0.717) is 5.56 Å². The lowest BCUT2D eigenvalue weighted by Crippen LogP contribution is -1.94. The number of fused-ring (bicyclic) bond motifs is 1. The Labute approximate surface area is 129 Å². The number of hydrogen-bond donors (Lipinski definition) is 0. The van der Waals surface area contributed by atoms with Crippen molar-refractivity contribution in [3.05, 3.63) is 60.3 Å². The molecule has 3 heteroatoms. The summed E-state index contributed by atoms with van der Waals surface area (Å²) in [4.78, 5) is 4.34. The fourth-order valence-electron chi connectivity index (χ4n) is 2.32. The number of hydrogen-bond acceptors (Lipinski definition) is 3. The molecule has 1 heterocycles. The third-order valence-corrected chi connectivity index (χ3v) is 3.47. The van der Waals surface area contributed by atoms with Crippen LogP contribution in [0, 0.1) is 11.3 Å². The van der Waals surface area contributed by atoms with Crippen molar-refractivity contribution in [3.63, 3.8) is 0 Å². The highest BCUT2D eigenvalue weighted by molar-refractivity contribution is 5.87. The van der Waals surface area contributed by atoms with E-state index in [1.807, 2.05) is 18.2 Å². The van der Waals surface area contributed by atoms with E-state index in [1.165, 1.54) is 0 Å². The van der Waals surface area contributed by atoms with Crippen LogP contribution >= 0.6 is 0 Å². The third kappa shape index (κ3) is 2.91. The average molecular weight is 288 g/mol. The molecule has 1 aromatic heterocycles. The lowest BCUT2D eigenvalue weighted by Gasteiger charge is -2.07. The minimum atomic E-state index is 0.572. The summed E-state index contributed by atoms with van der Waals surface area (Å²) in [6.45, 7) is 2.83. The highest BCUT2D eigenvalue weighted by Crippen LogP contribution is 2.26. The zero-order chi connectivity index (χ0) is 15.4. The summed E-state index contributed by atoms with van der Waals surface area (Å²) in [6.07, 6.45) is 2.60. The maximum absolute atomic E-state index is 8.83. The molecule has 3 rings (SSSR count). The van der Waals surface area contributed by atoms with E-state index in [4.69, 9.17) is 10.00 Å². The van der Waals surface area contributed by atoms with Crippen LogP contribution in [0.25, 0.3) is 22.0 Å². The molecule has 2 aromatic carbocycles. The zero-order valence-corrected chi connectivity index (χ0v) is 12.4. The van der Waals surface area contributed by atoms with Crippen molar-refractivity contribution in [3.8, 4) is 23.1 Å². The van der Waals surface area contributed by atoms with E-state index in [0.717, 1.165) is 40.8 Å². The van der Waals surface area contributed by atoms with Gasteiger partial charge in [0.25, 0.3) is 0 Å². The first-order chi connectivity index (χ1) is 10.8. The van der Waals surface area contributed by atoms with Gasteiger partial charge in [0.1, 0.15) is 11.8 Å². The molecule has 0 bridgehead atoms. The van der Waals surface area contributed by atoms with E-state index in [9.17, 15) is 0 Å². The predicted octanol–water partition coefficient (Wildman–Crippen LogP) is 4.56. The molecule has 0 fully saturated rings. The zero-order valence-electron chi connectivity index (χ0n) is 12.4. The smallest absolute Gasteiger partial charge is 0.119 e. The normalized spacial score (nSPS) is 10.4. The molecule has 22 heavy (non-hydrogen) atoms.